The van der Waals surface area contributed by atoms with E-state index in [1.807, 2.05) is 6.92 Å². The molecule has 0 bridgehead atoms. The van der Waals surface area contributed by atoms with Crippen molar-refractivity contribution >= 4 is 17.6 Å². The van der Waals surface area contributed by atoms with E-state index in [1.54, 1.807) is 18.5 Å². The van der Waals surface area contributed by atoms with Crippen molar-refractivity contribution < 1.29 is 0 Å². The standard InChI is InChI=1S/C10H13N7/c1-6-3-14-7(4-13-6)5-15-9-2-8(11)16-10(12)17-9/h2-4H,5H2,1H3,(H5,11,12,15,16,17). The molecule has 0 aliphatic rings. The molecule has 0 aliphatic heterocycles. The van der Waals surface area contributed by atoms with Gasteiger partial charge in [-0.1, -0.05) is 0 Å². The van der Waals surface area contributed by atoms with Gasteiger partial charge in [0.2, 0.25) is 5.95 Å². The van der Waals surface area contributed by atoms with E-state index in [0.717, 1.165) is 11.4 Å². The Hall–Kier alpha value is -2.44. The van der Waals surface area contributed by atoms with Gasteiger partial charge in [-0.15, -0.1) is 0 Å². The van der Waals surface area contributed by atoms with E-state index in [2.05, 4.69) is 25.3 Å². The predicted molar refractivity (Wildman–Crippen MR) is 65.0 cm³/mol. The second kappa shape index (κ2) is 4.60. The van der Waals surface area contributed by atoms with Crippen molar-refractivity contribution in [3.05, 3.63) is 29.8 Å². The van der Waals surface area contributed by atoms with E-state index in [-0.39, 0.29) is 5.95 Å². The summed E-state index contributed by atoms with van der Waals surface area (Å²) < 4.78 is 0. The summed E-state index contributed by atoms with van der Waals surface area (Å²) in [6.07, 6.45) is 3.41. The maximum absolute atomic E-state index is 5.55. The molecule has 0 aliphatic carbocycles. The average Bonchev–Trinajstić information content (AvgIpc) is 2.27. The first kappa shape index (κ1) is 11.1. The molecule has 5 N–H and O–H groups in total. The van der Waals surface area contributed by atoms with Crippen LogP contribution in [-0.2, 0) is 6.54 Å². The summed E-state index contributed by atoms with van der Waals surface area (Å²) in [6.45, 7) is 2.39. The zero-order chi connectivity index (χ0) is 12.3. The molecular formula is C10H13N7. The SMILES string of the molecule is Cc1cnc(CNc2cc(N)nc(N)n2)cn1. The summed E-state index contributed by atoms with van der Waals surface area (Å²) in [6, 6.07) is 1.61. The van der Waals surface area contributed by atoms with Crippen LogP contribution in [0, 0.1) is 6.92 Å². The number of hydrogen-bond acceptors (Lipinski definition) is 7. The van der Waals surface area contributed by atoms with Crippen molar-refractivity contribution in [1.29, 1.82) is 0 Å². The van der Waals surface area contributed by atoms with Gasteiger partial charge in [0, 0.05) is 12.3 Å². The number of nitrogens with one attached hydrogen (secondary N) is 1. The van der Waals surface area contributed by atoms with E-state index in [9.17, 15) is 0 Å². The van der Waals surface area contributed by atoms with Gasteiger partial charge in [0.15, 0.2) is 0 Å². The summed E-state index contributed by atoms with van der Waals surface area (Å²) in [4.78, 5) is 16.1. The van der Waals surface area contributed by atoms with Gasteiger partial charge in [0.25, 0.3) is 0 Å². The first-order valence-corrected chi connectivity index (χ1v) is 5.05. The van der Waals surface area contributed by atoms with E-state index in [4.69, 9.17) is 11.5 Å². The molecule has 0 aromatic carbocycles. The molecule has 2 rings (SSSR count). The third-order valence-corrected chi connectivity index (χ3v) is 2.05. The molecule has 0 fully saturated rings. The van der Waals surface area contributed by atoms with Crippen LogP contribution in [0.15, 0.2) is 18.5 Å². The van der Waals surface area contributed by atoms with E-state index in [0.29, 0.717) is 18.2 Å². The molecule has 0 saturated carbocycles. The molecule has 0 saturated heterocycles. The normalized spacial score (nSPS) is 10.2. The van der Waals surface area contributed by atoms with Crippen molar-refractivity contribution in [3.8, 4) is 0 Å². The first-order valence-electron chi connectivity index (χ1n) is 5.05. The van der Waals surface area contributed by atoms with Crippen LogP contribution in [0.3, 0.4) is 0 Å². The van der Waals surface area contributed by atoms with Gasteiger partial charge >= 0.3 is 0 Å². The van der Waals surface area contributed by atoms with Gasteiger partial charge < -0.3 is 16.8 Å². The van der Waals surface area contributed by atoms with Crippen LogP contribution in [0.1, 0.15) is 11.4 Å². The molecule has 0 unspecified atom stereocenters. The Morgan fingerprint density at radius 1 is 1.18 bits per heavy atom. The molecule has 7 heteroatoms. The van der Waals surface area contributed by atoms with Crippen LogP contribution in [0.5, 0.6) is 0 Å². The average molecular weight is 231 g/mol. The monoisotopic (exact) mass is 231 g/mol. The number of nitrogen functional groups attached to an aromatic ring is 2. The molecule has 0 spiro atoms. The van der Waals surface area contributed by atoms with Gasteiger partial charge in [0.05, 0.1) is 24.1 Å². The van der Waals surface area contributed by atoms with Crippen LogP contribution in [0.25, 0.3) is 0 Å². The highest BCUT2D eigenvalue weighted by Crippen LogP contribution is 2.10. The van der Waals surface area contributed by atoms with Crippen LogP contribution in [-0.4, -0.2) is 19.9 Å². The zero-order valence-electron chi connectivity index (χ0n) is 9.38. The minimum Gasteiger partial charge on any atom is -0.383 e. The van der Waals surface area contributed by atoms with E-state index >= 15 is 0 Å². The predicted octanol–water partition coefficient (Wildman–Crippen LogP) is 0.352. The van der Waals surface area contributed by atoms with Crippen molar-refractivity contribution in [1.82, 2.24) is 19.9 Å². The lowest BCUT2D eigenvalue weighted by Gasteiger charge is -2.06. The highest BCUT2D eigenvalue weighted by atomic mass is 15.1. The second-order valence-electron chi connectivity index (χ2n) is 3.54. The fourth-order valence-electron chi connectivity index (χ4n) is 1.27. The fourth-order valence-corrected chi connectivity index (χ4v) is 1.27. The molecule has 7 nitrogen and oxygen atoms in total. The Bertz CT molecular complexity index is 488. The van der Waals surface area contributed by atoms with Gasteiger partial charge in [-0.05, 0) is 6.92 Å². The third-order valence-electron chi connectivity index (χ3n) is 2.05. The highest BCUT2D eigenvalue weighted by Gasteiger charge is 2.00. The summed E-state index contributed by atoms with van der Waals surface area (Å²) in [5.41, 5.74) is 12.7. The van der Waals surface area contributed by atoms with Gasteiger partial charge in [-0.2, -0.15) is 9.97 Å². The summed E-state index contributed by atoms with van der Waals surface area (Å²) in [5, 5.41) is 3.05. The number of aromatic nitrogens is 4. The van der Waals surface area contributed by atoms with E-state index < -0.39 is 0 Å². The lowest BCUT2D eigenvalue weighted by atomic mass is 10.4. The molecule has 2 heterocycles. The molecule has 17 heavy (non-hydrogen) atoms. The molecule has 0 atom stereocenters. The summed E-state index contributed by atoms with van der Waals surface area (Å²) in [5.74, 6) is 1.04. The Labute approximate surface area is 98.3 Å². The minimum absolute atomic E-state index is 0.141. The molecular weight excluding hydrogens is 218 g/mol. The number of nitrogens with two attached hydrogens (primary N) is 2. The smallest absolute Gasteiger partial charge is 0.223 e. The largest absolute Gasteiger partial charge is 0.383 e. The lowest BCUT2D eigenvalue weighted by molar-refractivity contribution is 0.975. The van der Waals surface area contributed by atoms with Gasteiger partial charge in [-0.25, -0.2) is 0 Å². The highest BCUT2D eigenvalue weighted by molar-refractivity contribution is 5.48. The van der Waals surface area contributed by atoms with Crippen LogP contribution < -0.4 is 16.8 Å². The Morgan fingerprint density at radius 3 is 2.65 bits per heavy atom. The first-order chi connectivity index (χ1) is 8.13. The third kappa shape index (κ3) is 3.00. The minimum atomic E-state index is 0.141. The second-order valence-corrected chi connectivity index (χ2v) is 3.54. The maximum atomic E-state index is 5.55. The Balaban J connectivity index is 2.04. The van der Waals surface area contributed by atoms with Crippen LogP contribution in [0.4, 0.5) is 17.6 Å². The molecule has 2 aromatic rings. The molecule has 0 amide bonds. The van der Waals surface area contributed by atoms with Crippen molar-refractivity contribution in [3.63, 3.8) is 0 Å². The lowest BCUT2D eigenvalue weighted by Crippen LogP contribution is -2.07. The molecule has 0 radical (unpaired) electrons. The van der Waals surface area contributed by atoms with Crippen molar-refractivity contribution in [2.75, 3.05) is 16.8 Å². The summed E-state index contributed by atoms with van der Waals surface area (Å²) >= 11 is 0. The zero-order valence-corrected chi connectivity index (χ0v) is 9.38. The Kier molecular flexibility index (Phi) is 2.99. The van der Waals surface area contributed by atoms with Crippen molar-refractivity contribution in [2.24, 2.45) is 0 Å². The van der Waals surface area contributed by atoms with Crippen LogP contribution >= 0.6 is 0 Å². The number of hydrogen-bond donors (Lipinski definition) is 3. The summed E-state index contributed by atoms with van der Waals surface area (Å²) in [7, 11) is 0. The Morgan fingerprint density at radius 2 is 2.00 bits per heavy atom. The quantitative estimate of drug-likeness (QED) is 0.698. The molecule has 88 valence electrons. The fraction of sp³-hybridized carbons (Fsp3) is 0.200. The maximum Gasteiger partial charge on any atom is 0.223 e. The number of rotatable bonds is 3. The topological polar surface area (TPSA) is 116 Å². The van der Waals surface area contributed by atoms with E-state index in [1.165, 1.54) is 0 Å². The number of nitrogens with zero attached hydrogens (tertiary/aromatic N) is 4. The number of anilines is 3. The van der Waals surface area contributed by atoms with Crippen molar-refractivity contribution in [2.45, 2.75) is 13.5 Å². The van der Waals surface area contributed by atoms with Gasteiger partial charge in [-0.3, -0.25) is 9.97 Å². The van der Waals surface area contributed by atoms with Gasteiger partial charge in [0.1, 0.15) is 11.6 Å². The van der Waals surface area contributed by atoms with Crippen LogP contribution in [0.2, 0.25) is 0 Å². The number of aryl methyl sites for hydroxylation is 1. The molecule has 2 aromatic heterocycles.